The topological polar surface area (TPSA) is 148 Å². The molecule has 9 heteroatoms. The summed E-state index contributed by atoms with van der Waals surface area (Å²) in [7, 11) is 0. The number of aromatic nitrogens is 2. The van der Waals surface area contributed by atoms with Gasteiger partial charge in [-0.05, 0) is 13.3 Å². The van der Waals surface area contributed by atoms with E-state index < -0.39 is 36.8 Å². The van der Waals surface area contributed by atoms with Crippen LogP contribution in [-0.4, -0.2) is 55.6 Å². The first-order chi connectivity index (χ1) is 10.3. The Kier molecular flexibility index (Phi) is 4.91. The highest BCUT2D eigenvalue weighted by Gasteiger charge is 2.43. The van der Waals surface area contributed by atoms with Crippen LogP contribution >= 0.6 is 0 Å². The molecular weight excluding hydrogens is 294 g/mol. The van der Waals surface area contributed by atoms with E-state index in [-0.39, 0.29) is 18.0 Å². The number of anilines is 1. The summed E-state index contributed by atoms with van der Waals surface area (Å²) in [5.74, 6) is -0.0284. The van der Waals surface area contributed by atoms with E-state index in [2.05, 4.69) is 4.98 Å². The molecule has 2 heterocycles. The number of ketones is 1. The molecule has 0 saturated carbocycles. The lowest BCUT2D eigenvalue weighted by atomic mass is 10.1. The molecule has 1 fully saturated rings. The lowest BCUT2D eigenvalue weighted by Gasteiger charge is -2.18. The minimum absolute atomic E-state index is 0.00856. The van der Waals surface area contributed by atoms with Gasteiger partial charge in [-0.3, -0.25) is 4.57 Å². The number of aliphatic hydroxyl groups is 3. The Balaban J connectivity index is 2.33. The summed E-state index contributed by atoms with van der Waals surface area (Å²) in [6, 6.07) is 0. The zero-order valence-electron chi connectivity index (χ0n) is 12.0. The lowest BCUT2D eigenvalue weighted by Crippen LogP contribution is -2.36. The predicted octanol–water partition coefficient (Wildman–Crippen LogP) is -2.04. The number of nitrogens with two attached hydrogens (primary N) is 1. The van der Waals surface area contributed by atoms with Gasteiger partial charge in [-0.1, -0.05) is 0 Å². The van der Waals surface area contributed by atoms with Crippen LogP contribution in [0.3, 0.4) is 0 Å². The van der Waals surface area contributed by atoms with E-state index >= 15 is 0 Å². The van der Waals surface area contributed by atoms with Crippen molar-refractivity contribution in [3.8, 4) is 0 Å². The summed E-state index contributed by atoms with van der Waals surface area (Å²) in [5.41, 5.74) is 5.38. The van der Waals surface area contributed by atoms with Crippen LogP contribution in [0.4, 0.5) is 5.82 Å². The number of ether oxygens (including phenoxy) is 1. The van der Waals surface area contributed by atoms with Crippen LogP contribution in [0.2, 0.25) is 0 Å². The van der Waals surface area contributed by atoms with Gasteiger partial charge in [0.15, 0.2) is 6.23 Å². The molecule has 1 aliphatic rings. The summed E-state index contributed by atoms with van der Waals surface area (Å²) in [5, 5.41) is 28.8. The smallest absolute Gasteiger partial charge is 0.351 e. The molecule has 122 valence electrons. The van der Waals surface area contributed by atoms with Crippen molar-refractivity contribution in [3.63, 3.8) is 0 Å². The fraction of sp³-hybridized carbons (Fsp3) is 0.615. The van der Waals surface area contributed by atoms with Crippen LogP contribution in [0.1, 0.15) is 25.1 Å². The highest BCUT2D eigenvalue weighted by atomic mass is 16.6. The molecule has 1 aromatic heterocycles. The summed E-state index contributed by atoms with van der Waals surface area (Å²) >= 11 is 0. The molecule has 2 unspecified atom stereocenters. The van der Waals surface area contributed by atoms with Crippen molar-refractivity contribution in [3.05, 3.63) is 22.2 Å². The second kappa shape index (κ2) is 6.53. The fourth-order valence-corrected chi connectivity index (χ4v) is 2.32. The van der Waals surface area contributed by atoms with E-state index in [0.29, 0.717) is 12.0 Å². The van der Waals surface area contributed by atoms with Crippen molar-refractivity contribution < 1.29 is 24.9 Å². The molecule has 0 spiro atoms. The highest BCUT2D eigenvalue weighted by molar-refractivity contribution is 5.75. The van der Waals surface area contributed by atoms with Gasteiger partial charge in [0, 0.05) is 18.2 Å². The van der Waals surface area contributed by atoms with Crippen LogP contribution < -0.4 is 11.4 Å². The van der Waals surface area contributed by atoms with Crippen molar-refractivity contribution in [2.24, 2.45) is 0 Å². The van der Waals surface area contributed by atoms with E-state index in [0.717, 1.165) is 4.57 Å². The lowest BCUT2D eigenvalue weighted by molar-refractivity contribution is -0.116. The zero-order valence-corrected chi connectivity index (χ0v) is 12.0. The zero-order chi connectivity index (χ0) is 16.4. The van der Waals surface area contributed by atoms with Crippen LogP contribution in [0.5, 0.6) is 0 Å². The molecule has 5 N–H and O–H groups in total. The molecule has 0 radical (unpaired) electrons. The molecule has 1 aliphatic heterocycles. The van der Waals surface area contributed by atoms with Gasteiger partial charge in [0.25, 0.3) is 0 Å². The summed E-state index contributed by atoms with van der Waals surface area (Å²) < 4.78 is 6.30. The number of aliphatic hydroxyl groups excluding tert-OH is 3. The largest absolute Gasteiger partial charge is 0.394 e. The van der Waals surface area contributed by atoms with Gasteiger partial charge in [-0.25, -0.2) is 4.79 Å². The number of nitrogens with zero attached hydrogens (tertiary/aromatic N) is 2. The highest BCUT2D eigenvalue weighted by Crippen LogP contribution is 2.28. The Morgan fingerprint density at radius 3 is 2.68 bits per heavy atom. The molecule has 0 amide bonds. The fourth-order valence-electron chi connectivity index (χ4n) is 2.32. The Hall–Kier alpha value is -1.81. The normalized spacial score (nSPS) is 28.0. The average Bonchev–Trinajstić information content (AvgIpc) is 2.74. The van der Waals surface area contributed by atoms with Gasteiger partial charge in [0.05, 0.1) is 6.61 Å². The minimum Gasteiger partial charge on any atom is -0.394 e. The van der Waals surface area contributed by atoms with Crippen molar-refractivity contribution in [1.29, 1.82) is 0 Å². The monoisotopic (exact) mass is 313 g/mol. The molecular formula is C13H19N3O6. The first-order valence-corrected chi connectivity index (χ1v) is 6.84. The number of rotatable bonds is 5. The summed E-state index contributed by atoms with van der Waals surface area (Å²) in [4.78, 5) is 26.6. The van der Waals surface area contributed by atoms with Gasteiger partial charge in [-0.2, -0.15) is 4.98 Å². The molecule has 1 aromatic rings. The minimum atomic E-state index is -1.39. The van der Waals surface area contributed by atoms with Crippen molar-refractivity contribution in [1.82, 2.24) is 9.55 Å². The van der Waals surface area contributed by atoms with E-state index in [4.69, 9.17) is 15.6 Å². The molecule has 2 rings (SSSR count). The predicted molar refractivity (Wildman–Crippen MR) is 74.9 cm³/mol. The van der Waals surface area contributed by atoms with Crippen LogP contribution in [-0.2, 0) is 16.0 Å². The van der Waals surface area contributed by atoms with Crippen LogP contribution in [0, 0.1) is 0 Å². The number of carbonyl (C=O) groups is 1. The number of nitrogen functional groups attached to an aromatic ring is 1. The maximum atomic E-state index is 11.9. The van der Waals surface area contributed by atoms with Crippen molar-refractivity contribution >= 4 is 11.6 Å². The maximum absolute atomic E-state index is 11.9. The van der Waals surface area contributed by atoms with Crippen LogP contribution in [0.25, 0.3) is 0 Å². The molecule has 0 bridgehead atoms. The van der Waals surface area contributed by atoms with Gasteiger partial charge < -0.3 is 30.6 Å². The number of hydrogen-bond donors (Lipinski definition) is 4. The number of hydrogen-bond acceptors (Lipinski definition) is 8. The van der Waals surface area contributed by atoms with Gasteiger partial charge in [-0.15, -0.1) is 0 Å². The molecule has 4 atom stereocenters. The summed E-state index contributed by atoms with van der Waals surface area (Å²) in [6.45, 7) is 0.939. The van der Waals surface area contributed by atoms with E-state index in [1.807, 2.05) is 0 Å². The molecule has 1 saturated heterocycles. The quantitative estimate of drug-likeness (QED) is 0.486. The standard InChI is InChI=1S/C13H19N3O6/c1-6(18)2-3-7-4-16(13(21)15-11(7)14)12-10(20)9(19)8(5-17)22-12/h4,8-10,12,17,19-20H,2-3,5H2,1H3,(H2,14,15,21)/t8-,9?,10?,12-/m1/s1. The summed E-state index contributed by atoms with van der Waals surface area (Å²) in [6.07, 6.45) is -2.99. The number of Topliss-reactive ketones (excluding diaryl/α,β-unsaturated/α-hetero) is 1. The Labute approximate surface area is 126 Å². The molecule has 0 aromatic carbocycles. The Bertz CT molecular complexity index is 616. The van der Waals surface area contributed by atoms with Gasteiger partial charge in [0.1, 0.15) is 29.9 Å². The third kappa shape index (κ3) is 3.17. The van der Waals surface area contributed by atoms with Crippen LogP contribution in [0.15, 0.2) is 11.0 Å². The van der Waals surface area contributed by atoms with Gasteiger partial charge in [0.2, 0.25) is 0 Å². The van der Waals surface area contributed by atoms with E-state index in [1.54, 1.807) is 0 Å². The first kappa shape index (κ1) is 16.6. The molecule has 0 aliphatic carbocycles. The molecule has 9 nitrogen and oxygen atoms in total. The Morgan fingerprint density at radius 1 is 1.45 bits per heavy atom. The van der Waals surface area contributed by atoms with Crippen molar-refractivity contribution in [2.45, 2.75) is 44.3 Å². The van der Waals surface area contributed by atoms with E-state index in [1.165, 1.54) is 13.1 Å². The van der Waals surface area contributed by atoms with E-state index in [9.17, 15) is 19.8 Å². The second-order valence-corrected chi connectivity index (χ2v) is 5.27. The second-order valence-electron chi connectivity index (χ2n) is 5.27. The molecule has 22 heavy (non-hydrogen) atoms. The third-order valence-electron chi connectivity index (χ3n) is 3.60. The maximum Gasteiger partial charge on any atom is 0.351 e. The number of carbonyl (C=O) groups excluding carboxylic acids is 1. The first-order valence-electron chi connectivity index (χ1n) is 6.84. The van der Waals surface area contributed by atoms with Crippen molar-refractivity contribution in [2.75, 3.05) is 12.3 Å². The SMILES string of the molecule is CC(=O)CCc1cn([C@@H]2O[C@H](CO)C(O)C2O)c(=O)nc1N. The third-order valence-corrected chi connectivity index (χ3v) is 3.60. The van der Waals surface area contributed by atoms with Gasteiger partial charge >= 0.3 is 5.69 Å². The Morgan fingerprint density at radius 2 is 2.14 bits per heavy atom. The average molecular weight is 313 g/mol. The number of aryl methyl sites for hydroxylation is 1.